The number of aryl methyl sites for hydroxylation is 1. The molecule has 44 heavy (non-hydrogen) atoms. The SMILES string of the molecule is C=C1CN(C)CCN1C1CCN(c2ccc(Nc3nc(Nc4cccc5c4N(SC)CC5)c4cc[nH]c4n3)c(CC)c2)CC1. The predicted octanol–water partition coefficient (Wildman–Crippen LogP) is 6.38. The lowest BCUT2D eigenvalue weighted by Crippen LogP contribution is -2.50. The number of hydrogen-bond donors (Lipinski definition) is 3. The van der Waals surface area contributed by atoms with Gasteiger partial charge in [0.1, 0.15) is 11.5 Å². The zero-order chi connectivity index (χ0) is 30.2. The van der Waals surface area contributed by atoms with Crippen LogP contribution in [0.4, 0.5) is 34.5 Å². The van der Waals surface area contributed by atoms with Gasteiger partial charge in [-0.15, -0.1) is 0 Å². The largest absolute Gasteiger partial charge is 0.371 e. The molecule has 0 saturated carbocycles. The number of nitrogens with one attached hydrogen (secondary N) is 3. The zero-order valence-corrected chi connectivity index (χ0v) is 26.9. The molecule has 2 aromatic heterocycles. The van der Waals surface area contributed by atoms with Crippen LogP contribution in [0.3, 0.4) is 0 Å². The average molecular weight is 610 g/mol. The average Bonchev–Trinajstić information content (AvgIpc) is 3.69. The van der Waals surface area contributed by atoms with E-state index in [1.54, 1.807) is 11.9 Å². The maximum absolute atomic E-state index is 4.99. The first-order valence-corrected chi connectivity index (χ1v) is 17.0. The van der Waals surface area contributed by atoms with Crippen LogP contribution in [0.1, 0.15) is 30.9 Å². The number of hydrogen-bond acceptors (Lipinski definition) is 9. The van der Waals surface area contributed by atoms with Crippen molar-refractivity contribution in [3.63, 3.8) is 0 Å². The van der Waals surface area contributed by atoms with E-state index in [0.29, 0.717) is 12.0 Å². The third-order valence-corrected chi connectivity index (χ3v) is 10.2. The van der Waals surface area contributed by atoms with Crippen molar-refractivity contribution < 1.29 is 0 Å². The Kier molecular flexibility index (Phi) is 8.03. The van der Waals surface area contributed by atoms with Crippen molar-refractivity contribution in [2.45, 2.75) is 38.6 Å². The van der Waals surface area contributed by atoms with Gasteiger partial charge in [-0.05, 0) is 74.2 Å². The molecule has 0 aliphatic carbocycles. The Morgan fingerprint density at radius 1 is 1.00 bits per heavy atom. The molecule has 0 spiro atoms. The van der Waals surface area contributed by atoms with Crippen molar-refractivity contribution in [2.75, 3.05) is 72.4 Å². The Balaban J connectivity index is 1.09. The fourth-order valence-electron chi connectivity index (χ4n) is 7.03. The summed E-state index contributed by atoms with van der Waals surface area (Å²) in [7, 11) is 2.18. The highest BCUT2D eigenvalue weighted by Gasteiger charge is 2.28. The smallest absolute Gasteiger partial charge is 0.231 e. The number of para-hydroxylation sites is 1. The van der Waals surface area contributed by atoms with Crippen LogP contribution >= 0.6 is 11.9 Å². The molecule has 0 amide bonds. The van der Waals surface area contributed by atoms with Gasteiger partial charge in [-0.2, -0.15) is 9.97 Å². The molecule has 10 heteroatoms. The van der Waals surface area contributed by atoms with E-state index in [-0.39, 0.29) is 0 Å². The van der Waals surface area contributed by atoms with Crippen molar-refractivity contribution in [3.8, 4) is 0 Å². The van der Waals surface area contributed by atoms with Crippen LogP contribution in [0.25, 0.3) is 11.0 Å². The molecule has 4 aromatic rings. The summed E-state index contributed by atoms with van der Waals surface area (Å²) < 4.78 is 2.35. The van der Waals surface area contributed by atoms with E-state index < -0.39 is 0 Å². The Bertz CT molecular complexity index is 1660. The van der Waals surface area contributed by atoms with Gasteiger partial charge in [0.2, 0.25) is 5.95 Å². The lowest BCUT2D eigenvalue weighted by atomic mass is 10.00. The summed E-state index contributed by atoms with van der Waals surface area (Å²) in [5, 5.41) is 8.18. The summed E-state index contributed by atoms with van der Waals surface area (Å²) in [5.74, 6) is 1.37. The molecular weight excluding hydrogens is 567 g/mol. The molecule has 0 radical (unpaired) electrons. The second-order valence-corrected chi connectivity index (χ2v) is 13.0. The molecule has 2 saturated heterocycles. The molecule has 3 aliphatic rings. The van der Waals surface area contributed by atoms with Crippen molar-refractivity contribution >= 4 is 57.5 Å². The van der Waals surface area contributed by atoms with Gasteiger partial charge in [0.15, 0.2) is 0 Å². The minimum absolute atomic E-state index is 0.576. The first-order chi connectivity index (χ1) is 21.5. The van der Waals surface area contributed by atoms with Crippen LogP contribution in [0.15, 0.2) is 60.9 Å². The second kappa shape index (κ2) is 12.2. The molecule has 0 atom stereocenters. The van der Waals surface area contributed by atoms with Gasteiger partial charge < -0.3 is 29.7 Å². The number of rotatable bonds is 8. The molecule has 230 valence electrons. The van der Waals surface area contributed by atoms with E-state index in [1.165, 1.54) is 41.0 Å². The maximum Gasteiger partial charge on any atom is 0.231 e. The predicted molar refractivity (Wildman–Crippen MR) is 186 cm³/mol. The lowest BCUT2D eigenvalue weighted by molar-refractivity contribution is 0.143. The number of piperazine rings is 1. The number of nitrogens with zero attached hydrogens (tertiary/aromatic N) is 6. The van der Waals surface area contributed by atoms with Gasteiger partial charge in [-0.25, -0.2) is 0 Å². The summed E-state index contributed by atoms with van der Waals surface area (Å²) in [6.07, 6.45) is 8.37. The van der Waals surface area contributed by atoms with E-state index in [4.69, 9.17) is 9.97 Å². The van der Waals surface area contributed by atoms with Crippen molar-refractivity contribution in [1.82, 2.24) is 24.8 Å². The van der Waals surface area contributed by atoms with Crippen LogP contribution in [-0.2, 0) is 12.8 Å². The Labute approximate surface area is 264 Å². The van der Waals surface area contributed by atoms with E-state index in [2.05, 4.69) is 97.8 Å². The number of aromatic amines is 1. The summed E-state index contributed by atoms with van der Waals surface area (Å²) in [4.78, 5) is 20.6. The first-order valence-electron chi connectivity index (χ1n) is 15.8. The Morgan fingerprint density at radius 3 is 2.66 bits per heavy atom. The zero-order valence-electron chi connectivity index (χ0n) is 26.1. The van der Waals surface area contributed by atoms with Crippen LogP contribution in [-0.4, -0.2) is 83.4 Å². The molecule has 0 bridgehead atoms. The normalized spacial score (nSPS) is 17.9. The summed E-state index contributed by atoms with van der Waals surface area (Å²) in [6.45, 7) is 12.9. The third kappa shape index (κ3) is 5.57. The summed E-state index contributed by atoms with van der Waals surface area (Å²) >= 11 is 1.76. The third-order valence-electron chi connectivity index (χ3n) is 9.41. The summed E-state index contributed by atoms with van der Waals surface area (Å²) in [5.41, 5.74) is 9.36. The lowest BCUT2D eigenvalue weighted by Gasteiger charge is -2.45. The van der Waals surface area contributed by atoms with E-state index in [1.807, 2.05) is 12.3 Å². The highest BCUT2D eigenvalue weighted by Crippen LogP contribution is 2.40. The Hall–Kier alpha value is -3.89. The fraction of sp³-hybridized carbons (Fsp3) is 0.412. The van der Waals surface area contributed by atoms with Gasteiger partial charge in [-0.1, -0.05) is 37.6 Å². The van der Waals surface area contributed by atoms with Crippen molar-refractivity contribution in [1.29, 1.82) is 0 Å². The molecule has 3 aliphatic heterocycles. The maximum atomic E-state index is 4.99. The standard InChI is InChI=1S/C34H43N9S/c1-5-24-21-27(41-16-13-26(14-17-41)42-20-19-40(3)22-23(42)2)9-10-29(24)37-34-38-32-28(11-15-35-32)33(39-34)36-30-8-6-7-25-12-18-43(44-4)31(25)30/h6-11,15,21,26H,2,5,12-14,16-20,22H2,1,3-4H3,(H3,35,36,37,38,39). The molecule has 5 heterocycles. The highest BCUT2D eigenvalue weighted by atomic mass is 32.2. The number of anilines is 6. The molecule has 0 unspecified atom stereocenters. The number of benzene rings is 2. The second-order valence-electron chi connectivity index (χ2n) is 12.1. The van der Waals surface area contributed by atoms with Gasteiger partial charge in [-0.3, -0.25) is 4.90 Å². The van der Waals surface area contributed by atoms with Crippen LogP contribution in [0.5, 0.6) is 0 Å². The Morgan fingerprint density at radius 2 is 1.86 bits per heavy atom. The number of H-pyrrole nitrogens is 1. The van der Waals surface area contributed by atoms with Gasteiger partial charge >= 0.3 is 0 Å². The molecule has 9 nitrogen and oxygen atoms in total. The van der Waals surface area contributed by atoms with Crippen LogP contribution < -0.4 is 19.8 Å². The van der Waals surface area contributed by atoms with Crippen molar-refractivity contribution in [3.05, 3.63) is 72.1 Å². The minimum atomic E-state index is 0.576. The van der Waals surface area contributed by atoms with Gasteiger partial charge in [0, 0.05) is 74.8 Å². The first kappa shape index (κ1) is 28.9. The quantitative estimate of drug-likeness (QED) is 0.197. The topological polar surface area (TPSA) is 78.6 Å². The number of piperidine rings is 1. The molecule has 7 rings (SSSR count). The molecular formula is C34H43N9S. The van der Waals surface area contributed by atoms with Crippen molar-refractivity contribution in [2.24, 2.45) is 0 Å². The van der Waals surface area contributed by atoms with E-state index >= 15 is 0 Å². The minimum Gasteiger partial charge on any atom is -0.371 e. The molecule has 2 aromatic carbocycles. The fourth-order valence-corrected chi connectivity index (χ4v) is 7.70. The van der Waals surface area contributed by atoms with Crippen LogP contribution in [0, 0.1) is 0 Å². The summed E-state index contributed by atoms with van der Waals surface area (Å²) in [6, 6.07) is 15.9. The highest BCUT2D eigenvalue weighted by molar-refractivity contribution is 8.00. The number of likely N-dealkylation sites (N-methyl/N-ethyl adjacent to an activating group) is 1. The number of aromatic nitrogens is 3. The van der Waals surface area contributed by atoms with Gasteiger partial charge in [0.05, 0.1) is 16.8 Å². The van der Waals surface area contributed by atoms with Crippen LogP contribution in [0.2, 0.25) is 0 Å². The van der Waals surface area contributed by atoms with E-state index in [9.17, 15) is 0 Å². The number of fused-ring (bicyclic) bond motifs is 2. The molecule has 3 N–H and O–H groups in total. The van der Waals surface area contributed by atoms with E-state index in [0.717, 1.165) is 80.3 Å². The van der Waals surface area contributed by atoms with Gasteiger partial charge in [0.25, 0.3) is 0 Å². The molecule has 2 fully saturated rings. The monoisotopic (exact) mass is 609 g/mol.